The Balaban J connectivity index is 4.07. The van der Waals surface area contributed by atoms with Crippen molar-refractivity contribution in [3.63, 3.8) is 0 Å². The van der Waals surface area contributed by atoms with Crippen molar-refractivity contribution in [2.75, 3.05) is 7.05 Å². The van der Waals surface area contributed by atoms with E-state index >= 15 is 0 Å². The largest absolute Gasteiger partial charge is 0.333 e. The Morgan fingerprint density at radius 1 is 1.60 bits per heavy atom. The van der Waals surface area contributed by atoms with Crippen molar-refractivity contribution in [1.29, 1.82) is 0 Å². The van der Waals surface area contributed by atoms with Crippen molar-refractivity contribution in [3.8, 4) is 0 Å². The van der Waals surface area contributed by atoms with Crippen molar-refractivity contribution >= 4 is 18.2 Å². The van der Waals surface area contributed by atoms with E-state index in [9.17, 15) is 14.4 Å². The van der Waals surface area contributed by atoms with E-state index in [-0.39, 0.29) is 6.41 Å². The summed E-state index contributed by atoms with van der Waals surface area (Å²) in [6, 6.07) is 0. The van der Waals surface area contributed by atoms with E-state index in [2.05, 4.69) is 0 Å². The molecule has 0 fully saturated rings. The molecule has 6 heteroatoms. The Labute approximate surface area is 56.4 Å². The predicted molar refractivity (Wildman–Crippen MR) is 28.8 cm³/mol. The van der Waals surface area contributed by atoms with E-state index in [1.54, 1.807) is 0 Å². The van der Waals surface area contributed by atoms with Gasteiger partial charge in [-0.15, -0.1) is 0 Å². The number of nitrogens with one attached hydrogen (secondary N) is 1. The van der Waals surface area contributed by atoms with Crippen LogP contribution in [0.25, 0.3) is 0 Å². The molecule has 0 atom stereocenters. The molecule has 0 saturated carbocycles. The number of hydroxylamine groups is 1. The molecule has 2 N–H and O–H groups in total. The third kappa shape index (κ3) is 1.82. The highest BCUT2D eigenvalue weighted by Gasteiger charge is 2.16. The van der Waals surface area contributed by atoms with E-state index in [4.69, 9.17) is 5.21 Å². The number of imide groups is 1. The van der Waals surface area contributed by atoms with Crippen LogP contribution in [0.15, 0.2) is 0 Å². The van der Waals surface area contributed by atoms with Crippen LogP contribution in [0.1, 0.15) is 0 Å². The van der Waals surface area contributed by atoms with Gasteiger partial charge < -0.3 is 0 Å². The summed E-state index contributed by atoms with van der Waals surface area (Å²) < 4.78 is 0. The Morgan fingerprint density at radius 3 is 2.40 bits per heavy atom. The van der Waals surface area contributed by atoms with Crippen molar-refractivity contribution < 1.29 is 19.6 Å². The lowest BCUT2D eigenvalue weighted by Gasteiger charge is -2.04. The van der Waals surface area contributed by atoms with Gasteiger partial charge in [0, 0.05) is 7.05 Å². The standard InChI is InChI=1S/C4H6N2O4/c1-6(2-7)4(9)3(8)5-10/h2,10H,1H3,(H,5,8). The van der Waals surface area contributed by atoms with Crippen LogP contribution >= 0.6 is 0 Å². The number of carbonyl (C=O) groups excluding carboxylic acids is 3. The van der Waals surface area contributed by atoms with Gasteiger partial charge in [-0.3, -0.25) is 24.5 Å². The van der Waals surface area contributed by atoms with Gasteiger partial charge in [0.1, 0.15) is 0 Å². The summed E-state index contributed by atoms with van der Waals surface area (Å²) in [7, 11) is 1.10. The fraction of sp³-hybridized carbons (Fsp3) is 0.250. The maximum Gasteiger partial charge on any atom is 0.333 e. The number of nitrogens with zero attached hydrogens (tertiary/aromatic N) is 1. The third-order valence-corrected chi connectivity index (χ3v) is 0.774. The molecule has 0 aromatic heterocycles. The van der Waals surface area contributed by atoms with Crippen molar-refractivity contribution in [1.82, 2.24) is 10.4 Å². The fourth-order valence-electron chi connectivity index (χ4n) is 0.256. The van der Waals surface area contributed by atoms with E-state index in [1.165, 1.54) is 0 Å². The second-order valence-corrected chi connectivity index (χ2v) is 1.46. The van der Waals surface area contributed by atoms with Crippen molar-refractivity contribution in [3.05, 3.63) is 0 Å². The molecule has 0 radical (unpaired) electrons. The van der Waals surface area contributed by atoms with Crippen LogP contribution < -0.4 is 5.48 Å². The zero-order valence-corrected chi connectivity index (χ0v) is 5.20. The average molecular weight is 146 g/mol. The molecule has 0 spiro atoms. The minimum atomic E-state index is -1.24. The first-order valence-corrected chi connectivity index (χ1v) is 2.30. The monoisotopic (exact) mass is 146 g/mol. The summed E-state index contributed by atoms with van der Waals surface area (Å²) in [5.41, 5.74) is 1.09. The lowest BCUT2D eigenvalue weighted by molar-refractivity contribution is -0.151. The van der Waals surface area contributed by atoms with Gasteiger partial charge in [-0.2, -0.15) is 0 Å². The molecule has 3 amide bonds. The van der Waals surface area contributed by atoms with Crippen LogP contribution in [-0.4, -0.2) is 35.4 Å². The summed E-state index contributed by atoms with van der Waals surface area (Å²) in [6.45, 7) is 0. The highest BCUT2D eigenvalue weighted by Crippen LogP contribution is 1.77. The van der Waals surface area contributed by atoms with Crippen LogP contribution in [0.3, 0.4) is 0 Å². The molecule has 0 rings (SSSR count). The predicted octanol–water partition coefficient (Wildman–Crippen LogP) is -1.89. The van der Waals surface area contributed by atoms with Gasteiger partial charge in [-0.05, 0) is 0 Å². The number of hydrogen-bond donors (Lipinski definition) is 2. The third-order valence-electron chi connectivity index (χ3n) is 0.774. The fourth-order valence-corrected chi connectivity index (χ4v) is 0.256. The highest BCUT2D eigenvalue weighted by atomic mass is 16.5. The zero-order chi connectivity index (χ0) is 8.15. The lowest BCUT2D eigenvalue weighted by atomic mass is 10.5. The van der Waals surface area contributed by atoms with Gasteiger partial charge in [0.15, 0.2) is 0 Å². The molecule has 6 nitrogen and oxygen atoms in total. The molecule has 10 heavy (non-hydrogen) atoms. The summed E-state index contributed by atoms with van der Waals surface area (Å²) in [5.74, 6) is -2.35. The molecule has 0 heterocycles. The SMILES string of the molecule is CN(C=O)C(=O)C(=O)NO. The molecular weight excluding hydrogens is 140 g/mol. The lowest BCUT2D eigenvalue weighted by Crippen LogP contribution is -2.38. The van der Waals surface area contributed by atoms with Crippen molar-refractivity contribution in [2.45, 2.75) is 0 Å². The Hall–Kier alpha value is -1.43. The molecule has 0 saturated heterocycles. The molecule has 0 unspecified atom stereocenters. The van der Waals surface area contributed by atoms with Gasteiger partial charge in [-0.25, -0.2) is 5.48 Å². The molecular formula is C4H6N2O4. The summed E-state index contributed by atoms with van der Waals surface area (Å²) in [6.07, 6.45) is 0.164. The Morgan fingerprint density at radius 2 is 2.10 bits per heavy atom. The van der Waals surface area contributed by atoms with Gasteiger partial charge in [-0.1, -0.05) is 0 Å². The van der Waals surface area contributed by atoms with Crippen LogP contribution in [-0.2, 0) is 14.4 Å². The second kappa shape index (κ2) is 3.57. The topological polar surface area (TPSA) is 86.7 Å². The first kappa shape index (κ1) is 8.57. The summed E-state index contributed by atoms with van der Waals surface area (Å²) in [5, 5.41) is 7.89. The minimum absolute atomic E-state index is 0.164. The summed E-state index contributed by atoms with van der Waals surface area (Å²) >= 11 is 0. The highest BCUT2D eigenvalue weighted by molar-refractivity contribution is 6.36. The number of hydrogen-bond acceptors (Lipinski definition) is 4. The molecule has 0 aromatic carbocycles. The number of likely N-dealkylation sites (N-methyl/N-ethyl adjacent to an activating group) is 1. The van der Waals surface area contributed by atoms with Crippen molar-refractivity contribution in [2.24, 2.45) is 0 Å². The smallest absolute Gasteiger partial charge is 0.288 e. The molecule has 0 aromatic rings. The van der Waals surface area contributed by atoms with Gasteiger partial charge in [0.25, 0.3) is 0 Å². The van der Waals surface area contributed by atoms with Crippen LogP contribution in [0.4, 0.5) is 0 Å². The molecule has 0 aliphatic heterocycles. The van der Waals surface area contributed by atoms with E-state index in [0.717, 1.165) is 12.5 Å². The Bertz CT molecular complexity index is 167. The molecule has 0 aliphatic carbocycles. The van der Waals surface area contributed by atoms with E-state index < -0.39 is 11.8 Å². The molecule has 0 bridgehead atoms. The van der Waals surface area contributed by atoms with Gasteiger partial charge in [0.05, 0.1) is 0 Å². The first-order chi connectivity index (χ1) is 4.63. The van der Waals surface area contributed by atoms with Gasteiger partial charge in [0.2, 0.25) is 6.41 Å². The number of amides is 3. The molecule has 56 valence electrons. The van der Waals surface area contributed by atoms with Gasteiger partial charge >= 0.3 is 11.8 Å². The maximum atomic E-state index is 10.4. The average Bonchev–Trinajstić information content (AvgIpc) is 2.00. The maximum absolute atomic E-state index is 10.4. The van der Waals surface area contributed by atoms with E-state index in [1.807, 2.05) is 0 Å². The normalized spacial score (nSPS) is 8.20. The summed E-state index contributed by atoms with van der Waals surface area (Å²) in [4.78, 5) is 30.9. The van der Waals surface area contributed by atoms with E-state index in [0.29, 0.717) is 4.90 Å². The number of rotatable bonds is 1. The Kier molecular flexibility index (Phi) is 3.06. The second-order valence-electron chi connectivity index (χ2n) is 1.46. The van der Waals surface area contributed by atoms with Crippen LogP contribution in [0.5, 0.6) is 0 Å². The zero-order valence-electron chi connectivity index (χ0n) is 5.20. The molecule has 0 aliphatic rings. The number of carbonyl (C=O) groups is 3. The first-order valence-electron chi connectivity index (χ1n) is 2.30. The minimum Gasteiger partial charge on any atom is -0.288 e. The quantitative estimate of drug-likeness (QED) is 0.196. The van der Waals surface area contributed by atoms with Crippen LogP contribution in [0, 0.1) is 0 Å². The van der Waals surface area contributed by atoms with Crippen LogP contribution in [0.2, 0.25) is 0 Å².